The highest BCUT2D eigenvalue weighted by Gasteiger charge is 1.94. The molecule has 0 radical (unpaired) electrons. The second-order valence-corrected chi connectivity index (χ2v) is 4.09. The number of nitrogens with one attached hydrogen (secondary N) is 1. The molecule has 0 amide bonds. The maximum atomic E-state index is 4.01. The first-order valence-corrected chi connectivity index (χ1v) is 5.15. The molecule has 1 nitrogen and oxygen atoms in total. The lowest BCUT2D eigenvalue weighted by atomic mass is 10.2. The van der Waals surface area contributed by atoms with Gasteiger partial charge in [-0.15, -0.1) is 0 Å². The Bertz CT molecular complexity index is 593. The zero-order chi connectivity index (χ0) is 11.6. The average Bonchev–Trinajstić information content (AvgIpc) is 2.40. The molecule has 1 heterocycles. The van der Waals surface area contributed by atoms with E-state index in [-0.39, 0.29) is 0 Å². The van der Waals surface area contributed by atoms with Crippen LogP contribution < -0.4 is 21.1 Å². The van der Waals surface area contributed by atoms with Crippen LogP contribution >= 0.6 is 0 Å². The first-order valence-electron chi connectivity index (χ1n) is 5.15. The summed E-state index contributed by atoms with van der Waals surface area (Å²) in [6.45, 7) is 16.2. The van der Waals surface area contributed by atoms with Crippen LogP contribution in [0.4, 0.5) is 0 Å². The molecule has 15 heavy (non-hydrogen) atoms. The van der Waals surface area contributed by atoms with E-state index in [1.807, 2.05) is 13.8 Å². The molecule has 0 spiro atoms. The SMILES string of the molecule is C=C(C)/C=c1/[nH]c(=C)/c(=C\C)c1=C(C)C. The Morgan fingerprint density at radius 2 is 1.87 bits per heavy atom. The molecular weight excluding hydrogens is 182 g/mol. The number of hydrogen-bond acceptors (Lipinski definition) is 0. The van der Waals surface area contributed by atoms with E-state index in [0.717, 1.165) is 16.3 Å². The predicted molar refractivity (Wildman–Crippen MR) is 69.0 cm³/mol. The molecule has 1 heteroatoms. The number of allylic oxidation sites excluding steroid dienone is 1. The van der Waals surface area contributed by atoms with E-state index in [0.29, 0.717) is 0 Å². The summed E-state index contributed by atoms with van der Waals surface area (Å²) in [6, 6.07) is 0. The quantitative estimate of drug-likeness (QED) is 0.691. The highest BCUT2D eigenvalue weighted by atomic mass is 14.7. The maximum absolute atomic E-state index is 4.01. The van der Waals surface area contributed by atoms with Gasteiger partial charge in [-0.05, 0) is 33.8 Å². The third-order valence-corrected chi connectivity index (χ3v) is 2.33. The first-order chi connectivity index (χ1) is 6.97. The van der Waals surface area contributed by atoms with Crippen LogP contribution in [0.2, 0.25) is 0 Å². The molecule has 0 aliphatic heterocycles. The Kier molecular flexibility index (Phi) is 3.35. The molecule has 1 rings (SSSR count). The van der Waals surface area contributed by atoms with E-state index in [9.17, 15) is 0 Å². The summed E-state index contributed by atoms with van der Waals surface area (Å²) in [5, 5.41) is 4.54. The summed E-state index contributed by atoms with van der Waals surface area (Å²) in [4.78, 5) is 3.30. The Morgan fingerprint density at radius 3 is 2.27 bits per heavy atom. The lowest BCUT2D eigenvalue weighted by molar-refractivity contribution is 1.26. The zero-order valence-electron chi connectivity index (χ0n) is 10.1. The van der Waals surface area contributed by atoms with Crippen LogP contribution in [-0.2, 0) is 0 Å². The van der Waals surface area contributed by atoms with Crippen molar-refractivity contribution < 1.29 is 0 Å². The minimum absolute atomic E-state index is 0.973. The average molecular weight is 201 g/mol. The molecule has 0 saturated heterocycles. The van der Waals surface area contributed by atoms with Crippen molar-refractivity contribution in [3.63, 3.8) is 0 Å². The standard InChI is InChI=1S/C14H19N/c1-7-12-11(6)15-13(8-9(2)3)14(12)10(4)5/h7-8,15H,2,6H2,1,3-5H3/b12-7+,13-8+. The lowest BCUT2D eigenvalue weighted by Gasteiger charge is -1.88. The molecule has 0 bridgehead atoms. The first kappa shape index (κ1) is 11.6. The van der Waals surface area contributed by atoms with E-state index in [4.69, 9.17) is 0 Å². The van der Waals surface area contributed by atoms with Gasteiger partial charge >= 0.3 is 0 Å². The Morgan fingerprint density at radius 1 is 1.27 bits per heavy atom. The molecule has 0 fully saturated rings. The van der Waals surface area contributed by atoms with Crippen molar-refractivity contribution in [2.24, 2.45) is 0 Å². The highest BCUT2D eigenvalue weighted by Crippen LogP contribution is 1.85. The van der Waals surface area contributed by atoms with Gasteiger partial charge in [-0.3, -0.25) is 0 Å². The molecular formula is C14H19N. The lowest BCUT2D eigenvalue weighted by Crippen LogP contribution is -2.38. The Hall–Kier alpha value is -1.50. The van der Waals surface area contributed by atoms with Crippen LogP contribution in [0, 0.1) is 0 Å². The minimum Gasteiger partial charge on any atom is -0.355 e. The summed E-state index contributed by atoms with van der Waals surface area (Å²) in [5.41, 5.74) is 2.34. The smallest absolute Gasteiger partial charge is 0.0466 e. The van der Waals surface area contributed by atoms with Crippen LogP contribution in [0.3, 0.4) is 0 Å². The van der Waals surface area contributed by atoms with Gasteiger partial charge in [-0.2, -0.15) is 0 Å². The number of aromatic nitrogens is 1. The van der Waals surface area contributed by atoms with Crippen LogP contribution in [0.1, 0.15) is 27.7 Å². The van der Waals surface area contributed by atoms with Gasteiger partial charge in [0.1, 0.15) is 0 Å². The second kappa shape index (κ2) is 4.35. The van der Waals surface area contributed by atoms with Gasteiger partial charge in [0.05, 0.1) is 0 Å². The molecule has 0 aliphatic carbocycles. The predicted octanol–water partition coefficient (Wildman–Crippen LogP) is 0.772. The largest absolute Gasteiger partial charge is 0.355 e. The van der Waals surface area contributed by atoms with Gasteiger partial charge in [0, 0.05) is 21.1 Å². The fraction of sp³-hybridized carbons (Fsp3) is 0.286. The van der Waals surface area contributed by atoms with Crippen LogP contribution in [0.25, 0.3) is 24.3 Å². The molecule has 1 N–H and O–H groups in total. The van der Waals surface area contributed by atoms with Crippen molar-refractivity contribution in [2.75, 3.05) is 0 Å². The van der Waals surface area contributed by atoms with E-state index in [2.05, 4.69) is 44.1 Å². The van der Waals surface area contributed by atoms with E-state index in [1.54, 1.807) is 0 Å². The van der Waals surface area contributed by atoms with Gasteiger partial charge in [0.15, 0.2) is 0 Å². The van der Waals surface area contributed by atoms with Gasteiger partial charge < -0.3 is 4.98 Å². The van der Waals surface area contributed by atoms with E-state index in [1.165, 1.54) is 16.0 Å². The highest BCUT2D eigenvalue weighted by molar-refractivity contribution is 5.48. The maximum Gasteiger partial charge on any atom is 0.0466 e. The van der Waals surface area contributed by atoms with Crippen LogP contribution in [0.15, 0.2) is 12.2 Å². The van der Waals surface area contributed by atoms with Crippen molar-refractivity contribution in [2.45, 2.75) is 27.7 Å². The molecule has 1 aromatic heterocycles. The van der Waals surface area contributed by atoms with Gasteiger partial charge in [-0.1, -0.05) is 30.4 Å². The molecule has 80 valence electrons. The third kappa shape index (κ3) is 2.30. The normalized spacial score (nSPS) is 13.3. The van der Waals surface area contributed by atoms with Crippen molar-refractivity contribution >= 4 is 24.3 Å². The summed E-state index contributed by atoms with van der Waals surface area (Å²) in [5.74, 6) is 0. The number of rotatable bonds is 1. The molecule has 0 unspecified atom stereocenters. The van der Waals surface area contributed by atoms with E-state index >= 15 is 0 Å². The van der Waals surface area contributed by atoms with Crippen molar-refractivity contribution in [1.82, 2.24) is 4.98 Å². The third-order valence-electron chi connectivity index (χ3n) is 2.33. The fourth-order valence-corrected chi connectivity index (χ4v) is 1.80. The van der Waals surface area contributed by atoms with Gasteiger partial charge in [0.2, 0.25) is 0 Å². The summed E-state index contributed by atoms with van der Waals surface area (Å²) < 4.78 is 0. The molecule has 0 saturated carbocycles. The fourth-order valence-electron chi connectivity index (χ4n) is 1.80. The van der Waals surface area contributed by atoms with E-state index < -0.39 is 0 Å². The minimum atomic E-state index is 0.973. The summed E-state index contributed by atoms with van der Waals surface area (Å²) in [6.07, 6.45) is 4.15. The molecule has 1 aromatic rings. The second-order valence-electron chi connectivity index (χ2n) is 4.09. The Labute approximate surface area is 90.8 Å². The number of hydrogen-bond donors (Lipinski definition) is 1. The molecule has 0 aliphatic rings. The van der Waals surface area contributed by atoms with Crippen LogP contribution in [-0.4, -0.2) is 4.98 Å². The molecule has 0 aromatic carbocycles. The summed E-state index contributed by atoms with van der Waals surface area (Å²) >= 11 is 0. The zero-order valence-corrected chi connectivity index (χ0v) is 10.1. The van der Waals surface area contributed by atoms with Crippen molar-refractivity contribution in [3.8, 4) is 0 Å². The van der Waals surface area contributed by atoms with Gasteiger partial charge in [0.25, 0.3) is 0 Å². The monoisotopic (exact) mass is 201 g/mol. The number of aromatic amines is 1. The van der Waals surface area contributed by atoms with Crippen LogP contribution in [0.5, 0.6) is 0 Å². The van der Waals surface area contributed by atoms with Crippen molar-refractivity contribution in [1.29, 1.82) is 0 Å². The van der Waals surface area contributed by atoms with Crippen molar-refractivity contribution in [3.05, 3.63) is 33.3 Å². The Balaban J connectivity index is 3.99. The summed E-state index contributed by atoms with van der Waals surface area (Å²) in [7, 11) is 0. The van der Waals surface area contributed by atoms with Gasteiger partial charge in [-0.25, -0.2) is 0 Å². The number of H-pyrrole nitrogens is 1. The topological polar surface area (TPSA) is 15.8 Å². The molecule has 0 atom stereocenters.